The van der Waals surface area contributed by atoms with E-state index in [0.29, 0.717) is 17.5 Å². The minimum atomic E-state index is 0.362. The molecule has 1 aromatic heterocycles. The maximum absolute atomic E-state index is 9.05. The number of fused-ring (bicyclic) bond motifs is 2. The second kappa shape index (κ2) is 4.39. The van der Waals surface area contributed by atoms with E-state index in [1.165, 1.54) is 0 Å². The van der Waals surface area contributed by atoms with Crippen molar-refractivity contribution in [2.75, 3.05) is 24.5 Å². The fraction of sp³-hybridized carbons (Fsp3) is 0.400. The highest BCUT2D eigenvalue weighted by Crippen LogP contribution is 2.34. The topological polar surface area (TPSA) is 82.7 Å². The first-order chi connectivity index (χ1) is 10.3. The minimum absolute atomic E-state index is 0.362. The molecule has 1 aromatic carbocycles. The molecular weight excluding hydrogens is 264 g/mol. The van der Waals surface area contributed by atoms with Crippen LogP contribution in [0.25, 0.3) is 11.0 Å². The van der Waals surface area contributed by atoms with Crippen LogP contribution in [0.15, 0.2) is 18.2 Å². The quantitative estimate of drug-likeness (QED) is 0.798. The molecule has 2 aliphatic rings. The highest BCUT2D eigenvalue weighted by molar-refractivity contribution is 5.79. The first-order valence-corrected chi connectivity index (χ1v) is 7.09. The Hall–Kier alpha value is -2.73. The Morgan fingerprint density at radius 2 is 2.19 bits per heavy atom. The molecule has 0 saturated carbocycles. The number of nitrogens with one attached hydrogen (secondary N) is 1. The fourth-order valence-electron chi connectivity index (χ4n) is 3.51. The van der Waals surface area contributed by atoms with Crippen LogP contribution in [-0.4, -0.2) is 40.5 Å². The summed E-state index contributed by atoms with van der Waals surface area (Å²) in [6, 6.07) is 7.99. The highest BCUT2D eigenvalue weighted by atomic mass is 15.3. The normalized spacial score (nSPS) is 24.1. The first-order valence-electron chi connectivity index (χ1n) is 7.09. The van der Waals surface area contributed by atoms with Crippen LogP contribution in [0.2, 0.25) is 0 Å². The van der Waals surface area contributed by atoms with E-state index in [2.05, 4.69) is 27.1 Å². The molecule has 0 bridgehead atoms. The van der Waals surface area contributed by atoms with E-state index < -0.39 is 0 Å². The zero-order chi connectivity index (χ0) is 14.4. The van der Waals surface area contributed by atoms with Gasteiger partial charge in [0.2, 0.25) is 5.95 Å². The summed E-state index contributed by atoms with van der Waals surface area (Å²) >= 11 is 0. The zero-order valence-electron chi connectivity index (χ0n) is 11.5. The Bertz CT molecular complexity index is 780. The van der Waals surface area contributed by atoms with Gasteiger partial charge in [-0.3, -0.25) is 0 Å². The van der Waals surface area contributed by atoms with E-state index in [1.807, 2.05) is 17.0 Å². The summed E-state index contributed by atoms with van der Waals surface area (Å²) in [5, 5.41) is 18.0. The van der Waals surface area contributed by atoms with Crippen LogP contribution in [0.5, 0.6) is 0 Å². The average molecular weight is 278 g/mol. The second-order valence-electron chi connectivity index (χ2n) is 5.72. The number of nitrogens with zero attached hydrogens (tertiary/aromatic N) is 5. The Morgan fingerprint density at radius 1 is 1.29 bits per heavy atom. The van der Waals surface area contributed by atoms with Crippen molar-refractivity contribution < 1.29 is 0 Å². The molecule has 3 heterocycles. The molecule has 0 amide bonds. The van der Waals surface area contributed by atoms with Gasteiger partial charge in [0, 0.05) is 25.6 Å². The number of aromatic amines is 1. The van der Waals surface area contributed by atoms with E-state index in [4.69, 9.17) is 10.5 Å². The van der Waals surface area contributed by atoms with Gasteiger partial charge in [-0.2, -0.15) is 10.5 Å². The van der Waals surface area contributed by atoms with Gasteiger partial charge < -0.3 is 14.8 Å². The molecule has 4 rings (SSSR count). The van der Waals surface area contributed by atoms with Crippen molar-refractivity contribution in [2.45, 2.75) is 12.5 Å². The third-order valence-corrected chi connectivity index (χ3v) is 4.56. The van der Waals surface area contributed by atoms with Crippen molar-refractivity contribution in [1.82, 2.24) is 14.9 Å². The molecule has 1 N–H and O–H groups in total. The molecule has 2 aliphatic heterocycles. The van der Waals surface area contributed by atoms with E-state index in [9.17, 15) is 0 Å². The molecule has 104 valence electrons. The van der Waals surface area contributed by atoms with Crippen LogP contribution >= 0.6 is 0 Å². The number of nitriles is 2. The van der Waals surface area contributed by atoms with Gasteiger partial charge in [-0.05, 0) is 24.6 Å². The monoisotopic (exact) mass is 278 g/mol. The number of aromatic nitrogens is 2. The Morgan fingerprint density at radius 3 is 3.00 bits per heavy atom. The molecule has 2 fully saturated rings. The number of hydrogen-bond acceptors (Lipinski definition) is 5. The highest BCUT2D eigenvalue weighted by Gasteiger charge is 2.42. The Balaban J connectivity index is 1.68. The summed E-state index contributed by atoms with van der Waals surface area (Å²) in [7, 11) is 0. The number of hydrogen-bond donors (Lipinski definition) is 1. The first kappa shape index (κ1) is 12.0. The lowest BCUT2D eigenvalue weighted by Crippen LogP contribution is -2.35. The average Bonchev–Trinajstić information content (AvgIpc) is 3.18. The fourth-order valence-corrected chi connectivity index (χ4v) is 3.51. The number of benzene rings is 1. The van der Waals surface area contributed by atoms with E-state index in [0.717, 1.165) is 43.0 Å². The zero-order valence-corrected chi connectivity index (χ0v) is 11.5. The largest absolute Gasteiger partial charge is 0.337 e. The van der Waals surface area contributed by atoms with Gasteiger partial charge >= 0.3 is 0 Å². The van der Waals surface area contributed by atoms with E-state index in [1.54, 1.807) is 6.07 Å². The van der Waals surface area contributed by atoms with Crippen molar-refractivity contribution in [3.05, 3.63) is 23.8 Å². The molecular formula is C15H14N6. The molecule has 2 atom stereocenters. The number of anilines is 1. The smallest absolute Gasteiger partial charge is 0.204 e. The Labute approximate surface area is 122 Å². The molecule has 0 aliphatic carbocycles. The van der Waals surface area contributed by atoms with E-state index >= 15 is 0 Å². The standard InChI is InChI=1S/C15H14N6/c16-6-10-1-2-12-13(5-10)19-15(18-12)21-4-3-11-7-20(9-17)8-14(11)21/h1-2,5,11,14H,3-4,7-8H2,(H,18,19). The number of rotatable bonds is 1. The van der Waals surface area contributed by atoms with Gasteiger partial charge in [0.05, 0.1) is 28.7 Å². The summed E-state index contributed by atoms with van der Waals surface area (Å²) in [6.45, 7) is 2.61. The lowest BCUT2D eigenvalue weighted by atomic mass is 10.1. The number of likely N-dealkylation sites (tertiary alicyclic amines) is 1. The maximum Gasteiger partial charge on any atom is 0.204 e. The SMILES string of the molecule is N#Cc1ccc2nc(N3CCC4CN(C#N)CC43)[nH]c2c1. The molecule has 0 spiro atoms. The summed E-state index contributed by atoms with van der Waals surface area (Å²) in [5.41, 5.74) is 2.40. The van der Waals surface area contributed by atoms with Gasteiger partial charge in [-0.15, -0.1) is 0 Å². The molecule has 0 radical (unpaired) electrons. The third-order valence-electron chi connectivity index (χ3n) is 4.56. The van der Waals surface area contributed by atoms with Gasteiger partial charge in [0.15, 0.2) is 6.19 Å². The predicted octanol–water partition coefficient (Wildman–Crippen LogP) is 1.43. The van der Waals surface area contributed by atoms with Crippen molar-refractivity contribution in [1.29, 1.82) is 10.5 Å². The molecule has 21 heavy (non-hydrogen) atoms. The van der Waals surface area contributed by atoms with Crippen LogP contribution < -0.4 is 4.90 Å². The summed E-state index contributed by atoms with van der Waals surface area (Å²) < 4.78 is 0. The maximum atomic E-state index is 9.05. The van der Waals surface area contributed by atoms with Crippen LogP contribution in [0.4, 0.5) is 5.95 Å². The Kier molecular flexibility index (Phi) is 2.52. The van der Waals surface area contributed by atoms with Crippen LogP contribution in [-0.2, 0) is 0 Å². The van der Waals surface area contributed by atoms with Crippen molar-refractivity contribution >= 4 is 17.0 Å². The van der Waals surface area contributed by atoms with Crippen molar-refractivity contribution in [2.24, 2.45) is 5.92 Å². The molecule has 6 nitrogen and oxygen atoms in total. The minimum Gasteiger partial charge on any atom is -0.337 e. The van der Waals surface area contributed by atoms with Crippen molar-refractivity contribution in [3.8, 4) is 12.3 Å². The predicted molar refractivity (Wildman–Crippen MR) is 77.2 cm³/mol. The van der Waals surface area contributed by atoms with Gasteiger partial charge in [0.25, 0.3) is 0 Å². The number of H-pyrrole nitrogens is 1. The van der Waals surface area contributed by atoms with Gasteiger partial charge in [-0.1, -0.05) is 0 Å². The van der Waals surface area contributed by atoms with Gasteiger partial charge in [-0.25, -0.2) is 4.98 Å². The van der Waals surface area contributed by atoms with Gasteiger partial charge in [0.1, 0.15) is 0 Å². The van der Waals surface area contributed by atoms with Crippen molar-refractivity contribution in [3.63, 3.8) is 0 Å². The summed E-state index contributed by atoms with van der Waals surface area (Å²) in [4.78, 5) is 12.1. The molecule has 2 saturated heterocycles. The van der Waals surface area contributed by atoms with Crippen LogP contribution in [0.1, 0.15) is 12.0 Å². The molecule has 6 heteroatoms. The lowest BCUT2D eigenvalue weighted by molar-refractivity contribution is 0.446. The molecule has 2 aromatic rings. The molecule has 2 unspecified atom stereocenters. The summed E-state index contributed by atoms with van der Waals surface area (Å²) in [6.07, 6.45) is 3.35. The summed E-state index contributed by atoms with van der Waals surface area (Å²) in [5.74, 6) is 1.40. The second-order valence-corrected chi connectivity index (χ2v) is 5.72. The van der Waals surface area contributed by atoms with Crippen LogP contribution in [0.3, 0.4) is 0 Å². The van der Waals surface area contributed by atoms with Crippen LogP contribution in [0, 0.1) is 28.7 Å². The van der Waals surface area contributed by atoms with E-state index in [-0.39, 0.29) is 0 Å². The number of imidazole rings is 1. The third kappa shape index (κ3) is 1.80. The lowest BCUT2D eigenvalue weighted by Gasteiger charge is -2.22.